The zero-order valence-electron chi connectivity index (χ0n) is 12.5. The van der Waals surface area contributed by atoms with Gasteiger partial charge in [-0.2, -0.15) is 0 Å². The molecule has 0 amide bonds. The molecule has 0 saturated heterocycles. The molecule has 0 rings (SSSR count). The van der Waals surface area contributed by atoms with Gasteiger partial charge in [0.05, 0.1) is 0 Å². The van der Waals surface area contributed by atoms with E-state index in [1.54, 1.807) is 0 Å². The van der Waals surface area contributed by atoms with Crippen LogP contribution in [-0.4, -0.2) is 73.6 Å². The Balaban J connectivity index is -0.0000000227. The molecule has 0 aromatic carbocycles. The molecule has 106 valence electrons. The first-order valence-corrected chi connectivity index (χ1v) is 12.5. The zero-order chi connectivity index (χ0) is 14.7. The third-order valence-electron chi connectivity index (χ3n) is 0. The first-order valence-electron chi connectivity index (χ1n) is 4.43. The second-order valence-electron chi connectivity index (χ2n) is 4.02. The second kappa shape index (κ2) is 43.4. The molecule has 0 bridgehead atoms. The average Bonchev–Trinajstić information content (AvgIpc) is 2.07. The summed E-state index contributed by atoms with van der Waals surface area (Å²) >= 11 is 0. The van der Waals surface area contributed by atoms with Gasteiger partial charge in [-0.15, -0.1) is 23.8 Å². The summed E-state index contributed by atoms with van der Waals surface area (Å²) in [5, 5.41) is 0. The van der Waals surface area contributed by atoms with Crippen LogP contribution in [0.25, 0.3) is 0 Å². The monoisotopic (exact) mass is 386 g/mol. The average molecular weight is 385 g/mol. The van der Waals surface area contributed by atoms with Crippen LogP contribution in [0.2, 0.25) is 0 Å². The third kappa shape index (κ3) is 2560. The van der Waals surface area contributed by atoms with Crippen molar-refractivity contribution in [3.63, 3.8) is 0 Å². The van der Waals surface area contributed by atoms with Gasteiger partial charge in [-0.1, -0.05) is 0 Å². The van der Waals surface area contributed by atoms with Crippen LogP contribution in [0.3, 0.4) is 0 Å². The Bertz CT molecular complexity index is 70.3. The van der Waals surface area contributed by atoms with Gasteiger partial charge in [0.1, 0.15) is 0 Å². The van der Waals surface area contributed by atoms with E-state index < -0.39 is 0 Å². The Morgan fingerprint density at radius 1 is 0.471 bits per heavy atom. The summed E-state index contributed by atoms with van der Waals surface area (Å²) in [4.78, 5) is 15.0. The molecule has 4 radical (unpaired) electrons. The summed E-state index contributed by atoms with van der Waals surface area (Å²) in [6.07, 6.45) is 0. The van der Waals surface area contributed by atoms with Crippen molar-refractivity contribution in [1.29, 1.82) is 0 Å². The maximum Gasteiger partial charge on any atom is 0.281 e. The van der Waals surface area contributed by atoms with Crippen LogP contribution in [0.4, 0.5) is 0 Å². The van der Waals surface area contributed by atoms with Crippen molar-refractivity contribution >= 4 is 37.3 Å². The Morgan fingerprint density at radius 3 is 0.471 bits per heavy atom. The van der Waals surface area contributed by atoms with Gasteiger partial charge in [-0.3, -0.25) is 9.59 Å². The molecule has 0 aliphatic heterocycles. The maximum atomic E-state index is 7.50. The van der Waals surface area contributed by atoms with E-state index in [9.17, 15) is 0 Å². The maximum absolute atomic E-state index is 7.50. The van der Waals surface area contributed by atoms with Crippen LogP contribution in [0.5, 0.6) is 0 Å². The molecule has 0 aromatic rings. The smallest absolute Gasteiger partial charge is 0.281 e. The first-order chi connectivity index (χ1) is 7.20. The fourth-order valence-electron chi connectivity index (χ4n) is 0. The molecule has 6 heteroatoms. The fourth-order valence-corrected chi connectivity index (χ4v) is 0. The molecule has 0 N–H and O–H groups in total. The van der Waals surface area contributed by atoms with Crippen molar-refractivity contribution in [2.45, 2.75) is 0 Å². The van der Waals surface area contributed by atoms with Crippen LogP contribution in [0, 0.1) is 0 Å². The first kappa shape index (κ1) is 36.2. The van der Waals surface area contributed by atoms with Gasteiger partial charge in [-0.05, 0) is 60.0 Å². The number of hydrogen-bond donors (Lipinski definition) is 0. The molecule has 0 heterocycles. The fraction of sp³-hybridized carbons (Fsp3) is 0.818. The normalized spacial score (nSPS) is 6.82. The van der Waals surface area contributed by atoms with E-state index in [4.69, 9.17) is 9.59 Å². The minimum atomic E-state index is 0. The van der Waals surface area contributed by atoms with Gasteiger partial charge in [0.25, 0.3) is 13.6 Å². The number of carbonyl (C=O) groups excluding carboxylic acids is 2. The minimum Gasteiger partial charge on any atom is -0.281 e. The van der Waals surface area contributed by atoms with Crippen LogP contribution in [0.15, 0.2) is 0 Å². The summed E-state index contributed by atoms with van der Waals surface area (Å²) in [6, 6.07) is 0. The van der Waals surface area contributed by atoms with Gasteiger partial charge in [0.2, 0.25) is 0 Å². The third-order valence-corrected chi connectivity index (χ3v) is 0. The molecular weight excluding hydrogens is 358 g/mol. The minimum absolute atomic E-state index is 0. The molecule has 0 spiro atoms. The quantitative estimate of drug-likeness (QED) is 0.474. The molecule has 0 unspecified atom stereocenters. The van der Waals surface area contributed by atoms with E-state index in [1.807, 2.05) is 0 Å². The topological polar surface area (TPSA) is 34.1 Å². The Hall–Kier alpha value is 1.25. The number of rotatable bonds is 0. The molecule has 0 aromatic heterocycles. The van der Waals surface area contributed by atoms with Gasteiger partial charge in [0, 0.05) is 19.5 Å². The van der Waals surface area contributed by atoms with Crippen molar-refractivity contribution in [3.8, 4) is 0 Å². The van der Waals surface area contributed by atoms with Gasteiger partial charge in [0.15, 0.2) is 0 Å². The van der Waals surface area contributed by atoms with Gasteiger partial charge < -0.3 is 0 Å². The van der Waals surface area contributed by atoms with Crippen molar-refractivity contribution in [2.24, 2.45) is 0 Å². The zero-order valence-corrected chi connectivity index (χ0v) is 16.9. The van der Waals surface area contributed by atoms with E-state index in [1.165, 1.54) is 0 Å². The van der Waals surface area contributed by atoms with E-state index in [0.29, 0.717) is 23.8 Å². The molecule has 0 saturated carbocycles. The van der Waals surface area contributed by atoms with E-state index >= 15 is 0 Å². The van der Waals surface area contributed by atoms with E-state index in [-0.39, 0.29) is 19.5 Å². The standard InChI is InChI=1S/3C3H9P.2CO.Ru/c3*1-4(2)3;2*1-2;/h3*1-3H3;;;. The molecule has 0 fully saturated rings. The molecular formula is C11H27O2P3Ru. The Kier molecular flexibility index (Phi) is 92.3. The van der Waals surface area contributed by atoms with Crippen molar-refractivity contribution < 1.29 is 29.1 Å². The predicted octanol–water partition coefficient (Wildman–Crippen LogP) is 3.28. The van der Waals surface area contributed by atoms with Gasteiger partial charge >= 0.3 is 0 Å². The Labute approximate surface area is 126 Å². The number of hydrogen-bond acceptors (Lipinski definition) is 2. The largest absolute Gasteiger partial charge is 0.281 e. The SMILES string of the molecule is CP(C)C.CP(C)C.CP(C)C.[C]=O.[C]=O.[Ru]. The molecule has 0 atom stereocenters. The van der Waals surface area contributed by atoms with Gasteiger partial charge in [-0.25, -0.2) is 0 Å². The van der Waals surface area contributed by atoms with E-state index in [2.05, 4.69) is 73.6 Å². The summed E-state index contributed by atoms with van der Waals surface area (Å²) in [6.45, 7) is 29.1. The van der Waals surface area contributed by atoms with E-state index in [0.717, 1.165) is 0 Å². The van der Waals surface area contributed by atoms with Crippen molar-refractivity contribution in [1.82, 2.24) is 0 Å². The summed E-state index contributed by atoms with van der Waals surface area (Å²) in [7, 11) is 1.14. The summed E-state index contributed by atoms with van der Waals surface area (Å²) in [5.41, 5.74) is 0. The summed E-state index contributed by atoms with van der Waals surface area (Å²) in [5.74, 6) is 0. The molecule has 0 aliphatic carbocycles. The predicted molar refractivity (Wildman–Crippen MR) is 85.5 cm³/mol. The Morgan fingerprint density at radius 2 is 0.471 bits per heavy atom. The summed E-state index contributed by atoms with van der Waals surface area (Å²) < 4.78 is 0. The van der Waals surface area contributed by atoms with Crippen LogP contribution in [0.1, 0.15) is 0 Å². The molecule has 17 heavy (non-hydrogen) atoms. The van der Waals surface area contributed by atoms with Crippen molar-refractivity contribution in [3.05, 3.63) is 0 Å². The van der Waals surface area contributed by atoms with Crippen LogP contribution in [-0.2, 0) is 29.1 Å². The van der Waals surface area contributed by atoms with Crippen molar-refractivity contribution in [2.75, 3.05) is 60.0 Å². The molecule has 0 aliphatic rings. The van der Waals surface area contributed by atoms with Crippen LogP contribution < -0.4 is 0 Å². The van der Waals surface area contributed by atoms with Crippen LogP contribution >= 0.6 is 23.8 Å². The molecule has 2 nitrogen and oxygen atoms in total. The second-order valence-corrected chi connectivity index (χ2v) is 12.1.